The Hall–Kier alpha value is -1.56. The molecule has 0 aromatic heterocycles. The van der Waals surface area contributed by atoms with Gasteiger partial charge >= 0.3 is 0 Å². The molecule has 0 heterocycles. The van der Waals surface area contributed by atoms with E-state index < -0.39 is 0 Å². The van der Waals surface area contributed by atoms with E-state index in [1.807, 2.05) is 0 Å². The molecule has 2 rings (SSSR count). The second kappa shape index (κ2) is 4.52. The smallest absolute Gasteiger partial charge is 0.00896 e. The zero-order valence-electron chi connectivity index (χ0n) is 9.90. The second-order valence-electron chi connectivity index (χ2n) is 4.37. The van der Waals surface area contributed by atoms with Crippen LogP contribution in [0.5, 0.6) is 0 Å². The highest BCUT2D eigenvalue weighted by Crippen LogP contribution is 2.23. The molecule has 0 heteroatoms. The van der Waals surface area contributed by atoms with Crippen molar-refractivity contribution in [3.63, 3.8) is 0 Å². The Bertz CT molecular complexity index is 403. The van der Waals surface area contributed by atoms with Gasteiger partial charge in [-0.1, -0.05) is 59.7 Å². The summed E-state index contributed by atoms with van der Waals surface area (Å²) in [5.41, 5.74) is 5.13. The summed E-state index contributed by atoms with van der Waals surface area (Å²) in [5, 5.41) is 0. The quantitative estimate of drug-likeness (QED) is 0.693. The number of hydrogen-bond donors (Lipinski definition) is 0. The van der Waals surface area contributed by atoms with E-state index >= 15 is 0 Å². The normalized spacial score (nSPS) is 10.8. The second-order valence-corrected chi connectivity index (χ2v) is 4.37. The summed E-state index contributed by atoms with van der Waals surface area (Å²) < 4.78 is 0. The molecule has 0 aliphatic carbocycles. The maximum Gasteiger partial charge on any atom is 0.00896 e. The van der Waals surface area contributed by atoms with E-state index in [4.69, 9.17) is 0 Å². The number of rotatable bonds is 2. The van der Waals surface area contributed by atoms with Crippen molar-refractivity contribution >= 4 is 0 Å². The first-order valence-corrected chi connectivity index (χ1v) is 5.63. The summed E-state index contributed by atoms with van der Waals surface area (Å²) in [4.78, 5) is 0. The minimum atomic E-state index is 0.223. The molecule has 0 fully saturated rings. The molecular weight excluding hydrogens is 192 g/mol. The molecule has 0 saturated carbocycles. The van der Waals surface area contributed by atoms with Crippen LogP contribution in [0, 0.1) is 20.8 Å². The fraction of sp³-hybridized carbons (Fsp3) is 0.188. The zero-order chi connectivity index (χ0) is 11.5. The third-order valence-electron chi connectivity index (χ3n) is 2.96. The molecule has 0 bridgehead atoms. The number of benzene rings is 2. The lowest BCUT2D eigenvalue weighted by molar-refractivity contribution is 1.02. The van der Waals surface area contributed by atoms with E-state index in [0.29, 0.717) is 0 Å². The van der Waals surface area contributed by atoms with Crippen LogP contribution in [0.4, 0.5) is 0 Å². The molecule has 1 radical (unpaired) electrons. The van der Waals surface area contributed by atoms with Gasteiger partial charge in [0.15, 0.2) is 0 Å². The van der Waals surface area contributed by atoms with Gasteiger partial charge in [-0.25, -0.2) is 0 Å². The Balaban J connectivity index is 2.28. The first-order chi connectivity index (χ1) is 7.66. The van der Waals surface area contributed by atoms with Crippen LogP contribution < -0.4 is 0 Å². The maximum absolute atomic E-state index is 4.24. The van der Waals surface area contributed by atoms with Crippen LogP contribution in [0.25, 0.3) is 0 Å². The predicted octanol–water partition coefficient (Wildman–Crippen LogP) is 4.27. The van der Waals surface area contributed by atoms with Gasteiger partial charge in [0.1, 0.15) is 0 Å². The average molecular weight is 209 g/mol. The van der Waals surface area contributed by atoms with Gasteiger partial charge in [-0.3, -0.25) is 0 Å². The minimum Gasteiger partial charge on any atom is -0.0590 e. The monoisotopic (exact) mass is 209 g/mol. The number of hydrogen-bond acceptors (Lipinski definition) is 0. The summed E-state index contributed by atoms with van der Waals surface area (Å²) in [7, 11) is 0. The Morgan fingerprint density at radius 2 is 1.00 bits per heavy atom. The molecule has 0 unspecified atom stereocenters. The van der Waals surface area contributed by atoms with Gasteiger partial charge in [-0.15, -0.1) is 0 Å². The topological polar surface area (TPSA) is 0 Å². The van der Waals surface area contributed by atoms with Crippen molar-refractivity contribution in [2.24, 2.45) is 0 Å². The minimum absolute atomic E-state index is 0.223. The molecule has 0 nitrogen and oxygen atoms in total. The molecular formula is C16H17. The third-order valence-corrected chi connectivity index (χ3v) is 2.96. The summed E-state index contributed by atoms with van der Waals surface area (Å²) in [6.45, 7) is 8.45. The molecule has 0 saturated heterocycles. The SMILES string of the molecule is [CH2]C(c1ccc(C)cc1)c1ccc(C)cc1. The predicted molar refractivity (Wildman–Crippen MR) is 69.6 cm³/mol. The van der Waals surface area contributed by atoms with Gasteiger partial charge in [0.25, 0.3) is 0 Å². The van der Waals surface area contributed by atoms with E-state index in [-0.39, 0.29) is 5.92 Å². The Morgan fingerprint density at radius 3 is 1.31 bits per heavy atom. The summed E-state index contributed by atoms with van der Waals surface area (Å²) in [5.74, 6) is 0.223. The highest BCUT2D eigenvalue weighted by Gasteiger charge is 2.07. The lowest BCUT2D eigenvalue weighted by atomic mass is 9.92. The molecule has 16 heavy (non-hydrogen) atoms. The Labute approximate surface area is 97.9 Å². The van der Waals surface area contributed by atoms with Gasteiger partial charge < -0.3 is 0 Å². The van der Waals surface area contributed by atoms with Crippen molar-refractivity contribution in [1.82, 2.24) is 0 Å². The fourth-order valence-corrected chi connectivity index (χ4v) is 1.79. The molecule has 0 aliphatic heterocycles. The average Bonchev–Trinajstić information content (AvgIpc) is 2.30. The van der Waals surface area contributed by atoms with E-state index in [1.165, 1.54) is 22.3 Å². The van der Waals surface area contributed by atoms with Crippen LogP contribution in [0.1, 0.15) is 28.2 Å². The molecule has 0 amide bonds. The standard InChI is InChI=1S/C16H17/c1-12-4-8-15(9-5-12)14(3)16-10-6-13(2)7-11-16/h4-11,14H,3H2,1-2H3. The third kappa shape index (κ3) is 2.33. The van der Waals surface area contributed by atoms with Gasteiger partial charge in [-0.2, -0.15) is 0 Å². The highest BCUT2D eigenvalue weighted by atomic mass is 14.1. The summed E-state index contributed by atoms with van der Waals surface area (Å²) >= 11 is 0. The molecule has 2 aromatic rings. The van der Waals surface area contributed by atoms with Gasteiger partial charge in [0, 0.05) is 5.92 Å². The van der Waals surface area contributed by atoms with Gasteiger partial charge in [-0.05, 0) is 31.9 Å². The molecule has 81 valence electrons. The van der Waals surface area contributed by atoms with Crippen LogP contribution in [0.15, 0.2) is 48.5 Å². The lowest BCUT2D eigenvalue weighted by Crippen LogP contribution is -1.96. The van der Waals surface area contributed by atoms with Crippen LogP contribution in [0.2, 0.25) is 0 Å². The van der Waals surface area contributed by atoms with Crippen molar-refractivity contribution in [3.8, 4) is 0 Å². The lowest BCUT2D eigenvalue weighted by Gasteiger charge is -2.12. The van der Waals surface area contributed by atoms with Crippen molar-refractivity contribution < 1.29 is 0 Å². The maximum atomic E-state index is 4.24. The van der Waals surface area contributed by atoms with Crippen molar-refractivity contribution in [1.29, 1.82) is 0 Å². The van der Waals surface area contributed by atoms with Crippen molar-refractivity contribution in [3.05, 3.63) is 77.7 Å². The van der Waals surface area contributed by atoms with Crippen molar-refractivity contribution in [2.45, 2.75) is 19.8 Å². The van der Waals surface area contributed by atoms with E-state index in [9.17, 15) is 0 Å². The summed E-state index contributed by atoms with van der Waals surface area (Å²) in [6, 6.07) is 17.2. The molecule has 0 aliphatic rings. The van der Waals surface area contributed by atoms with Crippen LogP contribution in [-0.4, -0.2) is 0 Å². The summed E-state index contributed by atoms with van der Waals surface area (Å²) in [6.07, 6.45) is 0. The Morgan fingerprint density at radius 1 is 0.688 bits per heavy atom. The fourth-order valence-electron chi connectivity index (χ4n) is 1.79. The highest BCUT2D eigenvalue weighted by molar-refractivity contribution is 5.35. The van der Waals surface area contributed by atoms with Crippen LogP contribution >= 0.6 is 0 Å². The number of aryl methyl sites for hydroxylation is 2. The van der Waals surface area contributed by atoms with E-state index in [0.717, 1.165) is 0 Å². The zero-order valence-corrected chi connectivity index (χ0v) is 9.90. The first-order valence-electron chi connectivity index (χ1n) is 5.63. The first kappa shape index (κ1) is 10.9. The molecule has 0 N–H and O–H groups in total. The molecule has 0 spiro atoms. The van der Waals surface area contributed by atoms with Crippen LogP contribution in [0.3, 0.4) is 0 Å². The molecule has 0 atom stereocenters. The van der Waals surface area contributed by atoms with Crippen LogP contribution in [-0.2, 0) is 0 Å². The van der Waals surface area contributed by atoms with E-state index in [1.54, 1.807) is 0 Å². The molecule has 2 aromatic carbocycles. The van der Waals surface area contributed by atoms with E-state index in [2.05, 4.69) is 69.3 Å². The largest absolute Gasteiger partial charge is 0.0590 e. The van der Waals surface area contributed by atoms with Gasteiger partial charge in [0.2, 0.25) is 0 Å². The van der Waals surface area contributed by atoms with Gasteiger partial charge in [0.05, 0.1) is 0 Å². The van der Waals surface area contributed by atoms with Crippen molar-refractivity contribution in [2.75, 3.05) is 0 Å². The Kier molecular flexibility index (Phi) is 3.09.